The van der Waals surface area contributed by atoms with Gasteiger partial charge in [0, 0.05) is 5.69 Å². The van der Waals surface area contributed by atoms with Crippen molar-refractivity contribution in [2.45, 2.75) is 6.61 Å². The van der Waals surface area contributed by atoms with E-state index in [0.717, 1.165) is 11.3 Å². The molecule has 0 fully saturated rings. The molecule has 72 valence electrons. The molecular weight excluding hydrogens is 190 g/mol. The third-order valence-electron chi connectivity index (χ3n) is 1.42. The topological polar surface area (TPSA) is 82.1 Å². The summed E-state index contributed by atoms with van der Waals surface area (Å²) in [6, 6.07) is 7.05. The summed E-state index contributed by atoms with van der Waals surface area (Å²) in [5.41, 5.74) is 6.70. The van der Waals surface area contributed by atoms with Gasteiger partial charge in [0.05, 0.1) is 6.61 Å². The van der Waals surface area contributed by atoms with E-state index in [4.69, 9.17) is 16.2 Å². The summed E-state index contributed by atoms with van der Waals surface area (Å²) < 4.78 is 0. The highest BCUT2D eigenvalue weighted by Gasteiger charge is 1.92. The van der Waals surface area contributed by atoms with E-state index in [-0.39, 0.29) is 25.0 Å². The molecule has 4 nitrogen and oxygen atoms in total. The number of guanidine groups is 1. The Hall–Kier alpha value is -1.26. The summed E-state index contributed by atoms with van der Waals surface area (Å²) >= 11 is 0. The smallest absolute Gasteiger partial charge is 0.190 e. The molecule has 0 amide bonds. The number of hydrogen-bond donors (Lipinski definition) is 4. The van der Waals surface area contributed by atoms with Gasteiger partial charge in [-0.3, -0.25) is 5.41 Å². The van der Waals surface area contributed by atoms with Gasteiger partial charge in [-0.15, -0.1) is 12.4 Å². The minimum atomic E-state index is -0.0910. The van der Waals surface area contributed by atoms with Crippen molar-refractivity contribution in [1.29, 1.82) is 5.41 Å². The predicted molar refractivity (Wildman–Crippen MR) is 55.1 cm³/mol. The molecule has 0 atom stereocenters. The molecule has 13 heavy (non-hydrogen) atoms. The highest BCUT2D eigenvalue weighted by Crippen LogP contribution is 2.08. The number of aliphatic hydroxyl groups excluding tert-OH is 1. The molecule has 0 heterocycles. The predicted octanol–water partition coefficient (Wildman–Crippen LogP) is 0.906. The van der Waals surface area contributed by atoms with Gasteiger partial charge in [-0.1, -0.05) is 12.1 Å². The minimum Gasteiger partial charge on any atom is -0.392 e. The van der Waals surface area contributed by atoms with Gasteiger partial charge >= 0.3 is 0 Å². The Morgan fingerprint density at radius 2 is 1.92 bits per heavy atom. The van der Waals surface area contributed by atoms with Crippen molar-refractivity contribution in [3.05, 3.63) is 29.8 Å². The maximum Gasteiger partial charge on any atom is 0.190 e. The monoisotopic (exact) mass is 201 g/mol. The molecule has 0 spiro atoms. The maximum absolute atomic E-state index is 8.72. The molecule has 5 N–H and O–H groups in total. The molecule has 0 bridgehead atoms. The van der Waals surface area contributed by atoms with Crippen LogP contribution in [0.25, 0.3) is 0 Å². The Kier molecular flexibility index (Phi) is 4.87. The summed E-state index contributed by atoms with van der Waals surface area (Å²) in [4.78, 5) is 0. The molecule has 0 aliphatic carbocycles. The van der Waals surface area contributed by atoms with Crippen molar-refractivity contribution in [2.24, 2.45) is 5.73 Å². The number of halogens is 1. The fourth-order valence-electron chi connectivity index (χ4n) is 0.849. The first-order chi connectivity index (χ1) is 5.72. The fourth-order valence-corrected chi connectivity index (χ4v) is 0.849. The zero-order valence-electron chi connectivity index (χ0n) is 6.95. The van der Waals surface area contributed by atoms with E-state index in [1.165, 1.54) is 0 Å². The Bertz CT molecular complexity index is 273. The van der Waals surface area contributed by atoms with Crippen LogP contribution in [-0.2, 0) is 6.61 Å². The molecule has 0 saturated carbocycles. The second-order valence-electron chi connectivity index (χ2n) is 2.39. The molecule has 1 rings (SSSR count). The van der Waals surface area contributed by atoms with Crippen LogP contribution in [0.2, 0.25) is 0 Å². The quantitative estimate of drug-likeness (QED) is 0.424. The summed E-state index contributed by atoms with van der Waals surface area (Å²) in [5, 5.41) is 18.3. The first-order valence-electron chi connectivity index (χ1n) is 3.53. The average Bonchev–Trinajstić information content (AvgIpc) is 2.05. The number of benzene rings is 1. The Balaban J connectivity index is 0.00000144. The van der Waals surface area contributed by atoms with Crippen LogP contribution in [0.1, 0.15) is 5.56 Å². The number of nitrogens with one attached hydrogen (secondary N) is 2. The molecule has 1 aromatic rings. The van der Waals surface area contributed by atoms with Crippen molar-refractivity contribution in [3.8, 4) is 0 Å². The molecule has 0 aromatic heterocycles. The summed E-state index contributed by atoms with van der Waals surface area (Å²) in [6.45, 7) is 0.0281. The highest BCUT2D eigenvalue weighted by molar-refractivity contribution is 5.89. The van der Waals surface area contributed by atoms with Crippen molar-refractivity contribution < 1.29 is 5.11 Å². The van der Waals surface area contributed by atoms with Crippen LogP contribution in [0.15, 0.2) is 24.3 Å². The van der Waals surface area contributed by atoms with Crippen LogP contribution in [0.3, 0.4) is 0 Å². The van der Waals surface area contributed by atoms with Gasteiger partial charge in [-0.2, -0.15) is 0 Å². The second kappa shape index (κ2) is 5.40. The van der Waals surface area contributed by atoms with E-state index in [1.807, 2.05) is 0 Å². The lowest BCUT2D eigenvalue weighted by molar-refractivity contribution is 0.282. The molecule has 0 saturated heterocycles. The van der Waals surface area contributed by atoms with Crippen LogP contribution in [-0.4, -0.2) is 11.1 Å². The third-order valence-corrected chi connectivity index (χ3v) is 1.42. The zero-order valence-corrected chi connectivity index (χ0v) is 7.77. The van der Waals surface area contributed by atoms with Gasteiger partial charge in [0.25, 0.3) is 0 Å². The van der Waals surface area contributed by atoms with Crippen LogP contribution in [0, 0.1) is 5.41 Å². The minimum absolute atomic E-state index is 0. The Morgan fingerprint density at radius 3 is 2.31 bits per heavy atom. The van der Waals surface area contributed by atoms with Gasteiger partial charge < -0.3 is 16.2 Å². The van der Waals surface area contributed by atoms with Crippen LogP contribution in [0.5, 0.6) is 0 Å². The number of hydrogen-bond acceptors (Lipinski definition) is 2. The number of anilines is 1. The Labute approximate surface area is 82.7 Å². The maximum atomic E-state index is 8.72. The lowest BCUT2D eigenvalue weighted by atomic mass is 10.2. The van der Waals surface area contributed by atoms with Crippen molar-refractivity contribution in [3.63, 3.8) is 0 Å². The number of rotatable bonds is 2. The van der Waals surface area contributed by atoms with E-state index in [1.54, 1.807) is 24.3 Å². The van der Waals surface area contributed by atoms with Gasteiger partial charge in [-0.05, 0) is 17.7 Å². The van der Waals surface area contributed by atoms with E-state index in [2.05, 4.69) is 5.32 Å². The van der Waals surface area contributed by atoms with E-state index in [9.17, 15) is 0 Å². The van der Waals surface area contributed by atoms with Gasteiger partial charge in [-0.25, -0.2) is 0 Å². The Morgan fingerprint density at radius 1 is 1.38 bits per heavy atom. The van der Waals surface area contributed by atoms with E-state index < -0.39 is 0 Å². The SMILES string of the molecule is Cl.N=C(N)Nc1ccc(CO)cc1. The number of aliphatic hydroxyl groups is 1. The van der Waals surface area contributed by atoms with Crippen molar-refractivity contribution in [1.82, 2.24) is 0 Å². The van der Waals surface area contributed by atoms with Crippen molar-refractivity contribution in [2.75, 3.05) is 5.32 Å². The molecule has 1 aromatic carbocycles. The highest BCUT2D eigenvalue weighted by atomic mass is 35.5. The van der Waals surface area contributed by atoms with Crippen LogP contribution in [0.4, 0.5) is 5.69 Å². The van der Waals surface area contributed by atoms with Crippen molar-refractivity contribution >= 4 is 24.1 Å². The van der Waals surface area contributed by atoms with Crippen LogP contribution >= 0.6 is 12.4 Å². The van der Waals surface area contributed by atoms with E-state index in [0.29, 0.717) is 0 Å². The summed E-state index contributed by atoms with van der Waals surface area (Å²) in [5.74, 6) is -0.0910. The van der Waals surface area contributed by atoms with Gasteiger partial charge in [0.2, 0.25) is 0 Å². The second-order valence-corrected chi connectivity index (χ2v) is 2.39. The largest absolute Gasteiger partial charge is 0.392 e. The molecule has 0 aliphatic rings. The number of nitrogens with two attached hydrogens (primary N) is 1. The van der Waals surface area contributed by atoms with Crippen LogP contribution < -0.4 is 11.1 Å². The fraction of sp³-hybridized carbons (Fsp3) is 0.125. The van der Waals surface area contributed by atoms with E-state index >= 15 is 0 Å². The lowest BCUT2D eigenvalue weighted by Crippen LogP contribution is -2.20. The molecule has 5 heteroatoms. The first-order valence-corrected chi connectivity index (χ1v) is 3.53. The van der Waals surface area contributed by atoms with Gasteiger partial charge in [0.15, 0.2) is 5.96 Å². The molecule has 0 aliphatic heterocycles. The zero-order chi connectivity index (χ0) is 8.97. The molecule has 0 unspecified atom stereocenters. The van der Waals surface area contributed by atoms with Gasteiger partial charge in [0.1, 0.15) is 0 Å². The molecular formula is C8H12ClN3O. The molecule has 0 radical (unpaired) electrons. The normalized spacial score (nSPS) is 8.69. The third kappa shape index (κ3) is 3.78. The standard InChI is InChI=1S/C8H11N3O.ClH/c9-8(10)11-7-3-1-6(5-12)2-4-7;/h1-4,12H,5H2,(H4,9,10,11);1H. The summed E-state index contributed by atoms with van der Waals surface area (Å²) in [6.07, 6.45) is 0. The lowest BCUT2D eigenvalue weighted by Gasteiger charge is -2.03. The summed E-state index contributed by atoms with van der Waals surface area (Å²) in [7, 11) is 0. The first kappa shape index (κ1) is 11.7. The average molecular weight is 202 g/mol.